The van der Waals surface area contributed by atoms with Gasteiger partial charge in [0.2, 0.25) is 0 Å². The highest BCUT2D eigenvalue weighted by Crippen LogP contribution is 2.23. The minimum Gasteiger partial charge on any atom is -0.465 e. The van der Waals surface area contributed by atoms with Crippen molar-refractivity contribution in [2.75, 3.05) is 0 Å². The largest absolute Gasteiger partial charge is 0.465 e. The third-order valence-electron chi connectivity index (χ3n) is 2.61. The fraction of sp³-hybridized carbons (Fsp3) is 0.0714. The predicted octanol–water partition coefficient (Wildman–Crippen LogP) is 3.55. The van der Waals surface area contributed by atoms with Gasteiger partial charge >= 0.3 is 0 Å². The molecule has 2 heterocycles. The zero-order chi connectivity index (χ0) is 13.8. The van der Waals surface area contributed by atoms with Crippen LogP contribution in [0.4, 0.5) is 0 Å². The zero-order valence-electron chi connectivity index (χ0n) is 10.0. The molecule has 0 aliphatic rings. The van der Waals surface area contributed by atoms with E-state index in [0.29, 0.717) is 17.0 Å². The maximum Gasteiger partial charge on any atom is 0.148 e. The molecule has 92 valence electrons. The highest BCUT2D eigenvalue weighted by atomic mass is 35.5. The van der Waals surface area contributed by atoms with Crippen LogP contribution in [-0.2, 0) is 0 Å². The van der Waals surface area contributed by atoms with E-state index in [0.717, 1.165) is 0 Å². The van der Waals surface area contributed by atoms with Crippen molar-refractivity contribution in [1.29, 1.82) is 10.5 Å². The van der Waals surface area contributed by atoms with Crippen molar-refractivity contribution < 1.29 is 4.42 Å². The Morgan fingerprint density at radius 1 is 1.26 bits per heavy atom. The fourth-order valence-corrected chi connectivity index (χ4v) is 1.84. The molecule has 0 aliphatic heterocycles. The number of hydrogen-bond acceptors (Lipinski definition) is 4. The standard InChI is InChI=1S/C14H8ClN3O/c1-9-11(7-16)12(8-17)14(15)18-13(9)5-4-10-3-2-6-19-10/h2-6H,1H3/b5-4+. The van der Waals surface area contributed by atoms with Crippen LogP contribution in [0.5, 0.6) is 0 Å². The highest BCUT2D eigenvalue weighted by Gasteiger charge is 2.14. The lowest BCUT2D eigenvalue weighted by Gasteiger charge is -2.05. The summed E-state index contributed by atoms with van der Waals surface area (Å²) in [5.74, 6) is 0.667. The number of furan rings is 1. The van der Waals surface area contributed by atoms with Gasteiger partial charge < -0.3 is 4.42 Å². The molecule has 0 aliphatic carbocycles. The van der Waals surface area contributed by atoms with Gasteiger partial charge in [0.25, 0.3) is 0 Å². The molecular weight excluding hydrogens is 262 g/mol. The molecule has 4 nitrogen and oxygen atoms in total. The van der Waals surface area contributed by atoms with E-state index in [-0.39, 0.29) is 16.3 Å². The van der Waals surface area contributed by atoms with Crippen LogP contribution in [-0.4, -0.2) is 4.98 Å². The average molecular weight is 270 g/mol. The molecule has 0 N–H and O–H groups in total. The fourth-order valence-electron chi connectivity index (χ4n) is 1.62. The summed E-state index contributed by atoms with van der Waals surface area (Å²) in [5.41, 5.74) is 1.52. The van der Waals surface area contributed by atoms with Gasteiger partial charge in [0.1, 0.15) is 28.6 Å². The number of nitrogens with zero attached hydrogens (tertiary/aromatic N) is 3. The summed E-state index contributed by atoms with van der Waals surface area (Å²) in [7, 11) is 0. The number of nitriles is 2. The van der Waals surface area contributed by atoms with Gasteiger partial charge in [0.15, 0.2) is 0 Å². The second-order valence-corrected chi connectivity index (χ2v) is 4.09. The topological polar surface area (TPSA) is 73.6 Å². The van der Waals surface area contributed by atoms with Gasteiger partial charge in [0, 0.05) is 0 Å². The number of aromatic nitrogens is 1. The van der Waals surface area contributed by atoms with E-state index in [1.165, 1.54) is 0 Å². The van der Waals surface area contributed by atoms with Gasteiger partial charge in [-0.2, -0.15) is 10.5 Å². The van der Waals surface area contributed by atoms with Crippen molar-refractivity contribution in [3.8, 4) is 12.1 Å². The molecule has 0 bridgehead atoms. The number of pyridine rings is 1. The van der Waals surface area contributed by atoms with Gasteiger partial charge in [0.05, 0.1) is 17.5 Å². The van der Waals surface area contributed by atoms with Crippen LogP contribution in [0.25, 0.3) is 12.2 Å². The molecule has 0 radical (unpaired) electrons. The number of halogens is 1. The zero-order valence-corrected chi connectivity index (χ0v) is 10.8. The summed E-state index contributed by atoms with van der Waals surface area (Å²) in [6, 6.07) is 7.44. The molecular formula is C14H8ClN3O. The van der Waals surface area contributed by atoms with E-state index >= 15 is 0 Å². The Morgan fingerprint density at radius 2 is 2.00 bits per heavy atom. The maximum absolute atomic E-state index is 9.10. The summed E-state index contributed by atoms with van der Waals surface area (Å²) in [6.07, 6.45) is 4.98. The van der Waals surface area contributed by atoms with Gasteiger partial charge in [-0.3, -0.25) is 0 Å². The van der Waals surface area contributed by atoms with E-state index in [4.69, 9.17) is 26.5 Å². The summed E-state index contributed by atoms with van der Waals surface area (Å²) >= 11 is 5.90. The predicted molar refractivity (Wildman–Crippen MR) is 71.1 cm³/mol. The molecule has 0 fully saturated rings. The summed E-state index contributed by atoms with van der Waals surface area (Å²) in [6.45, 7) is 1.73. The molecule has 0 unspecified atom stereocenters. The van der Waals surface area contributed by atoms with Gasteiger partial charge in [-0.05, 0) is 36.8 Å². The molecule has 0 atom stereocenters. The van der Waals surface area contributed by atoms with Crippen LogP contribution in [0.1, 0.15) is 28.1 Å². The third-order valence-corrected chi connectivity index (χ3v) is 2.88. The van der Waals surface area contributed by atoms with Gasteiger partial charge in [-0.1, -0.05) is 11.6 Å². The lowest BCUT2D eigenvalue weighted by molar-refractivity contribution is 0.557. The Balaban J connectivity index is 2.52. The van der Waals surface area contributed by atoms with E-state index < -0.39 is 0 Å². The molecule has 2 aromatic rings. The molecule has 2 rings (SSSR count). The normalized spacial score (nSPS) is 10.3. The first-order valence-corrected chi connectivity index (χ1v) is 5.77. The lowest BCUT2D eigenvalue weighted by atomic mass is 10.0. The quantitative estimate of drug-likeness (QED) is 0.782. The van der Waals surface area contributed by atoms with Crippen molar-refractivity contribution in [1.82, 2.24) is 4.98 Å². The first-order valence-electron chi connectivity index (χ1n) is 5.39. The minimum absolute atomic E-state index is 0.0312. The first-order chi connectivity index (χ1) is 9.17. The van der Waals surface area contributed by atoms with Crippen LogP contribution in [0.3, 0.4) is 0 Å². The summed E-state index contributed by atoms with van der Waals surface area (Å²) < 4.78 is 5.16. The third kappa shape index (κ3) is 2.49. The summed E-state index contributed by atoms with van der Waals surface area (Å²) in [5, 5.41) is 18.1. The maximum atomic E-state index is 9.10. The molecule has 0 saturated carbocycles. The van der Waals surface area contributed by atoms with Crippen LogP contribution in [0.15, 0.2) is 22.8 Å². The second kappa shape index (κ2) is 5.39. The monoisotopic (exact) mass is 269 g/mol. The van der Waals surface area contributed by atoms with Crippen molar-refractivity contribution in [3.63, 3.8) is 0 Å². The minimum atomic E-state index is 0.0312. The van der Waals surface area contributed by atoms with Crippen molar-refractivity contribution in [2.24, 2.45) is 0 Å². The summed E-state index contributed by atoms with van der Waals surface area (Å²) in [4.78, 5) is 4.11. The van der Waals surface area contributed by atoms with Crippen LogP contribution in [0.2, 0.25) is 5.15 Å². The Hall–Kier alpha value is -2.56. The number of hydrogen-bond donors (Lipinski definition) is 0. The Bertz CT molecular complexity index is 719. The first kappa shape index (κ1) is 12.9. The Labute approximate surface area is 115 Å². The number of rotatable bonds is 2. The van der Waals surface area contributed by atoms with Crippen LogP contribution in [0, 0.1) is 29.6 Å². The smallest absolute Gasteiger partial charge is 0.148 e. The van der Waals surface area contributed by atoms with Gasteiger partial charge in [-0.15, -0.1) is 0 Å². The SMILES string of the molecule is Cc1c(/C=C/c2ccco2)nc(Cl)c(C#N)c1C#N. The van der Waals surface area contributed by atoms with Crippen molar-refractivity contribution in [3.05, 3.63) is 51.7 Å². The van der Waals surface area contributed by atoms with Crippen molar-refractivity contribution >= 4 is 23.8 Å². The van der Waals surface area contributed by atoms with Crippen LogP contribution >= 0.6 is 11.6 Å². The molecule has 19 heavy (non-hydrogen) atoms. The Morgan fingerprint density at radius 3 is 2.58 bits per heavy atom. The molecule has 2 aromatic heterocycles. The van der Waals surface area contributed by atoms with Crippen molar-refractivity contribution in [2.45, 2.75) is 6.92 Å². The molecule has 5 heteroatoms. The highest BCUT2D eigenvalue weighted by molar-refractivity contribution is 6.30. The molecule has 0 saturated heterocycles. The van der Waals surface area contributed by atoms with Crippen LogP contribution < -0.4 is 0 Å². The van der Waals surface area contributed by atoms with E-state index in [2.05, 4.69) is 4.98 Å². The van der Waals surface area contributed by atoms with Gasteiger partial charge in [-0.25, -0.2) is 4.98 Å². The molecule has 0 spiro atoms. The molecule has 0 aromatic carbocycles. The lowest BCUT2D eigenvalue weighted by Crippen LogP contribution is -1.98. The molecule has 0 amide bonds. The Kier molecular flexibility index (Phi) is 3.66. The van der Waals surface area contributed by atoms with E-state index in [1.807, 2.05) is 12.1 Å². The second-order valence-electron chi connectivity index (χ2n) is 3.74. The van der Waals surface area contributed by atoms with E-state index in [9.17, 15) is 0 Å². The average Bonchev–Trinajstić information content (AvgIpc) is 2.92. The van der Waals surface area contributed by atoms with E-state index in [1.54, 1.807) is 37.5 Å².